The summed E-state index contributed by atoms with van der Waals surface area (Å²) in [5.41, 5.74) is 1.47. The number of hydrogen-bond donors (Lipinski definition) is 1. The molecule has 0 aliphatic heterocycles. The van der Waals surface area contributed by atoms with Crippen molar-refractivity contribution in [3.05, 3.63) is 34.2 Å². The molecule has 1 atom stereocenters. The Hall–Kier alpha value is -0.540. The van der Waals surface area contributed by atoms with Gasteiger partial charge in [-0.2, -0.15) is 0 Å². The Morgan fingerprint density at radius 1 is 1.53 bits per heavy atom. The third-order valence-corrected chi connectivity index (χ3v) is 3.16. The second kappa shape index (κ2) is 4.99. The van der Waals surface area contributed by atoms with Gasteiger partial charge >= 0.3 is 0 Å². The monoisotopic (exact) mass is 269 g/mol. The number of likely N-dealkylation sites (N-methyl/N-ethyl adjacent to an activating group) is 1. The SMILES string of the molecule is CCNC(C1=CCCC1)c1ccc(Br)o1. The van der Waals surface area contributed by atoms with Crippen LogP contribution >= 0.6 is 15.9 Å². The number of halogens is 1. The Labute approximate surface area is 98.9 Å². The second-order valence-electron chi connectivity index (χ2n) is 3.80. The van der Waals surface area contributed by atoms with Crippen molar-refractivity contribution < 1.29 is 4.42 Å². The Kier molecular flexibility index (Phi) is 3.65. The molecule has 1 aromatic heterocycles. The Balaban J connectivity index is 2.18. The minimum Gasteiger partial charge on any atom is -0.452 e. The van der Waals surface area contributed by atoms with Crippen LogP contribution in [0.5, 0.6) is 0 Å². The molecular formula is C12H16BrNO. The fourth-order valence-corrected chi connectivity index (χ4v) is 2.38. The molecule has 3 heteroatoms. The van der Waals surface area contributed by atoms with Crippen LogP contribution in [0.2, 0.25) is 0 Å². The van der Waals surface area contributed by atoms with Gasteiger partial charge in [0.2, 0.25) is 0 Å². The van der Waals surface area contributed by atoms with Crippen LogP contribution in [-0.2, 0) is 0 Å². The molecule has 1 unspecified atom stereocenters. The van der Waals surface area contributed by atoms with Gasteiger partial charge in [-0.3, -0.25) is 0 Å². The Morgan fingerprint density at radius 2 is 2.40 bits per heavy atom. The summed E-state index contributed by atoms with van der Waals surface area (Å²) in [5, 5.41) is 3.47. The van der Waals surface area contributed by atoms with Gasteiger partial charge in [-0.1, -0.05) is 13.0 Å². The van der Waals surface area contributed by atoms with E-state index in [1.807, 2.05) is 12.1 Å². The highest BCUT2D eigenvalue weighted by Crippen LogP contribution is 2.32. The Bertz CT molecular complexity index is 356. The van der Waals surface area contributed by atoms with Gasteiger partial charge < -0.3 is 9.73 Å². The van der Waals surface area contributed by atoms with E-state index >= 15 is 0 Å². The minimum atomic E-state index is 0.267. The lowest BCUT2D eigenvalue weighted by Gasteiger charge is -2.16. The van der Waals surface area contributed by atoms with Gasteiger partial charge in [-0.25, -0.2) is 0 Å². The Morgan fingerprint density at radius 3 is 2.93 bits per heavy atom. The fraction of sp³-hybridized carbons (Fsp3) is 0.500. The van der Waals surface area contributed by atoms with Crippen molar-refractivity contribution in [1.82, 2.24) is 5.32 Å². The van der Waals surface area contributed by atoms with Gasteiger partial charge in [0.15, 0.2) is 4.67 Å². The third kappa shape index (κ3) is 2.52. The predicted molar refractivity (Wildman–Crippen MR) is 64.8 cm³/mol. The first kappa shape index (κ1) is 11.0. The van der Waals surface area contributed by atoms with E-state index in [0.717, 1.165) is 17.0 Å². The summed E-state index contributed by atoms with van der Waals surface area (Å²) in [7, 11) is 0. The number of nitrogens with one attached hydrogen (secondary N) is 1. The largest absolute Gasteiger partial charge is 0.452 e. The first-order valence-corrected chi connectivity index (χ1v) is 6.28. The summed E-state index contributed by atoms with van der Waals surface area (Å²) >= 11 is 3.35. The molecule has 0 saturated carbocycles. The van der Waals surface area contributed by atoms with Crippen LogP contribution in [0.4, 0.5) is 0 Å². The third-order valence-electron chi connectivity index (χ3n) is 2.73. The van der Waals surface area contributed by atoms with Crippen molar-refractivity contribution in [2.75, 3.05) is 6.54 Å². The van der Waals surface area contributed by atoms with Crippen molar-refractivity contribution in [2.24, 2.45) is 0 Å². The van der Waals surface area contributed by atoms with Gasteiger partial charge in [0.25, 0.3) is 0 Å². The van der Waals surface area contributed by atoms with E-state index in [9.17, 15) is 0 Å². The number of allylic oxidation sites excluding steroid dienone is 1. The van der Waals surface area contributed by atoms with E-state index in [2.05, 4.69) is 34.2 Å². The van der Waals surface area contributed by atoms with Crippen LogP contribution in [0.15, 0.2) is 32.9 Å². The molecule has 82 valence electrons. The average molecular weight is 270 g/mol. The van der Waals surface area contributed by atoms with E-state index in [1.54, 1.807) is 0 Å². The van der Waals surface area contributed by atoms with Crippen molar-refractivity contribution in [3.63, 3.8) is 0 Å². The molecule has 0 spiro atoms. The minimum absolute atomic E-state index is 0.267. The van der Waals surface area contributed by atoms with Crippen LogP contribution in [0.25, 0.3) is 0 Å². The predicted octanol–water partition coefficient (Wildman–Crippen LogP) is 3.80. The van der Waals surface area contributed by atoms with E-state index in [0.29, 0.717) is 0 Å². The van der Waals surface area contributed by atoms with Crippen LogP contribution < -0.4 is 5.32 Å². The average Bonchev–Trinajstić information content (AvgIpc) is 2.85. The topological polar surface area (TPSA) is 25.2 Å². The van der Waals surface area contributed by atoms with E-state index < -0.39 is 0 Å². The lowest BCUT2D eigenvalue weighted by molar-refractivity contribution is 0.431. The molecule has 0 fully saturated rings. The van der Waals surface area contributed by atoms with E-state index in [4.69, 9.17) is 4.42 Å². The van der Waals surface area contributed by atoms with Crippen LogP contribution in [0.3, 0.4) is 0 Å². The molecule has 1 N–H and O–H groups in total. The maximum atomic E-state index is 5.62. The van der Waals surface area contributed by atoms with Gasteiger partial charge in [0.1, 0.15) is 5.76 Å². The van der Waals surface area contributed by atoms with Crippen molar-refractivity contribution in [2.45, 2.75) is 32.2 Å². The first-order valence-electron chi connectivity index (χ1n) is 5.49. The summed E-state index contributed by atoms with van der Waals surface area (Å²) < 4.78 is 6.43. The maximum Gasteiger partial charge on any atom is 0.169 e. The summed E-state index contributed by atoms with van der Waals surface area (Å²) in [6.07, 6.45) is 6.01. The summed E-state index contributed by atoms with van der Waals surface area (Å²) in [6.45, 7) is 3.08. The molecule has 0 amide bonds. The van der Waals surface area contributed by atoms with Gasteiger partial charge in [0.05, 0.1) is 6.04 Å². The number of hydrogen-bond acceptors (Lipinski definition) is 2. The van der Waals surface area contributed by atoms with Crippen LogP contribution in [0.1, 0.15) is 38.0 Å². The van der Waals surface area contributed by atoms with Crippen molar-refractivity contribution in [3.8, 4) is 0 Å². The molecule has 0 aromatic carbocycles. The molecular weight excluding hydrogens is 254 g/mol. The summed E-state index contributed by atoms with van der Waals surface area (Å²) in [5.74, 6) is 1.01. The highest BCUT2D eigenvalue weighted by Gasteiger charge is 2.20. The van der Waals surface area contributed by atoms with Gasteiger partial charge in [0, 0.05) is 0 Å². The number of rotatable bonds is 4. The molecule has 1 aromatic rings. The summed E-state index contributed by atoms with van der Waals surface area (Å²) in [4.78, 5) is 0. The zero-order chi connectivity index (χ0) is 10.7. The smallest absolute Gasteiger partial charge is 0.169 e. The highest BCUT2D eigenvalue weighted by molar-refractivity contribution is 9.10. The fourth-order valence-electron chi connectivity index (χ4n) is 2.06. The lowest BCUT2D eigenvalue weighted by atomic mass is 10.0. The van der Waals surface area contributed by atoms with Crippen LogP contribution in [-0.4, -0.2) is 6.54 Å². The molecule has 1 heterocycles. The van der Waals surface area contributed by atoms with Crippen LogP contribution in [0, 0.1) is 0 Å². The number of furan rings is 1. The zero-order valence-electron chi connectivity index (χ0n) is 8.92. The standard InChI is InChI=1S/C12H16BrNO/c1-2-14-12(9-5-3-4-6-9)10-7-8-11(13)15-10/h5,7-8,12,14H,2-4,6H2,1H3. The van der Waals surface area contributed by atoms with Crippen molar-refractivity contribution in [1.29, 1.82) is 0 Å². The second-order valence-corrected chi connectivity index (χ2v) is 4.59. The molecule has 2 nitrogen and oxygen atoms in total. The van der Waals surface area contributed by atoms with Crippen molar-refractivity contribution >= 4 is 15.9 Å². The molecule has 1 aliphatic carbocycles. The maximum absolute atomic E-state index is 5.62. The lowest BCUT2D eigenvalue weighted by Crippen LogP contribution is -2.21. The summed E-state index contributed by atoms with van der Waals surface area (Å²) in [6, 6.07) is 4.26. The molecule has 2 rings (SSSR count). The highest BCUT2D eigenvalue weighted by atomic mass is 79.9. The van der Waals surface area contributed by atoms with Gasteiger partial charge in [-0.05, 0) is 59.4 Å². The molecule has 1 aliphatic rings. The van der Waals surface area contributed by atoms with Gasteiger partial charge in [-0.15, -0.1) is 0 Å². The normalized spacial score (nSPS) is 17.9. The van der Waals surface area contributed by atoms with E-state index in [-0.39, 0.29) is 6.04 Å². The molecule has 0 radical (unpaired) electrons. The molecule has 15 heavy (non-hydrogen) atoms. The molecule has 0 bridgehead atoms. The zero-order valence-corrected chi connectivity index (χ0v) is 10.5. The first-order chi connectivity index (χ1) is 7.31. The quantitative estimate of drug-likeness (QED) is 0.842. The van der Waals surface area contributed by atoms with E-state index in [1.165, 1.54) is 24.8 Å². The molecule has 0 saturated heterocycles.